The summed E-state index contributed by atoms with van der Waals surface area (Å²) in [5.41, 5.74) is 4.43. The molecule has 10 heteroatoms. The maximum absolute atomic E-state index is 14.0. The van der Waals surface area contributed by atoms with E-state index in [2.05, 4.69) is 25.5 Å². The zero-order chi connectivity index (χ0) is 26.3. The van der Waals surface area contributed by atoms with Crippen molar-refractivity contribution in [1.82, 2.24) is 19.3 Å². The highest BCUT2D eigenvalue weighted by molar-refractivity contribution is 6.05. The Morgan fingerprint density at radius 2 is 1.95 bits per heavy atom. The molecule has 196 valence electrons. The normalized spacial score (nSPS) is 15.6. The summed E-state index contributed by atoms with van der Waals surface area (Å²) in [5, 5.41) is 6.08. The van der Waals surface area contributed by atoms with Gasteiger partial charge in [-0.25, -0.2) is 4.98 Å². The highest BCUT2D eigenvalue weighted by Gasteiger charge is 2.33. The molecule has 1 saturated heterocycles. The van der Waals surface area contributed by atoms with E-state index >= 15 is 0 Å². The second-order valence-corrected chi connectivity index (χ2v) is 9.88. The first-order chi connectivity index (χ1) is 18.3. The molecule has 38 heavy (non-hydrogen) atoms. The number of nitrogens with zero attached hydrogens (tertiary/aromatic N) is 4. The summed E-state index contributed by atoms with van der Waals surface area (Å²) in [7, 11) is 0. The maximum Gasteiger partial charge on any atom is 0.416 e. The number of benzene rings is 2. The minimum Gasteiger partial charge on any atom is -0.384 e. The Morgan fingerprint density at radius 3 is 2.76 bits per heavy atom. The monoisotopic (exact) mass is 520 g/mol. The Labute approximate surface area is 217 Å². The zero-order valence-corrected chi connectivity index (χ0v) is 20.7. The van der Waals surface area contributed by atoms with E-state index in [1.807, 2.05) is 10.5 Å². The van der Waals surface area contributed by atoms with Crippen LogP contribution in [0.25, 0.3) is 5.65 Å². The molecule has 2 aromatic carbocycles. The van der Waals surface area contributed by atoms with Gasteiger partial charge < -0.3 is 15.0 Å². The first kappa shape index (κ1) is 24.4. The molecule has 7 nitrogen and oxygen atoms in total. The number of carbonyl (C=O) groups excluding carboxylic acids is 1. The maximum atomic E-state index is 14.0. The van der Waals surface area contributed by atoms with Gasteiger partial charge in [0, 0.05) is 60.7 Å². The molecule has 4 aromatic rings. The van der Waals surface area contributed by atoms with Crippen LogP contribution in [0.15, 0.2) is 55.1 Å². The van der Waals surface area contributed by atoms with Crippen molar-refractivity contribution in [2.75, 3.05) is 30.3 Å². The van der Waals surface area contributed by atoms with Crippen LogP contribution >= 0.6 is 0 Å². The topological polar surface area (TPSA) is 74.6 Å². The van der Waals surface area contributed by atoms with Gasteiger partial charge in [0.05, 0.1) is 11.8 Å². The van der Waals surface area contributed by atoms with Crippen molar-refractivity contribution in [3.05, 3.63) is 88.6 Å². The van der Waals surface area contributed by atoms with Crippen LogP contribution < -0.4 is 10.6 Å². The number of anilines is 2. The van der Waals surface area contributed by atoms with Crippen molar-refractivity contribution >= 4 is 22.9 Å². The van der Waals surface area contributed by atoms with Crippen LogP contribution in [0.1, 0.15) is 51.1 Å². The number of amides is 1. The number of hydrogen-bond acceptors (Lipinski definition) is 5. The molecule has 6 rings (SSSR count). The highest BCUT2D eigenvalue weighted by atomic mass is 19.4. The summed E-state index contributed by atoms with van der Waals surface area (Å²) in [4.78, 5) is 24.0. The summed E-state index contributed by atoms with van der Waals surface area (Å²) < 4.78 is 44.0. The molecule has 2 aliphatic rings. The zero-order valence-electron chi connectivity index (χ0n) is 20.7. The Bertz CT molecular complexity index is 1510. The van der Waals surface area contributed by atoms with E-state index < -0.39 is 17.6 Å². The van der Waals surface area contributed by atoms with Gasteiger partial charge in [0.1, 0.15) is 0 Å². The van der Waals surface area contributed by atoms with E-state index in [4.69, 9.17) is 0 Å². The lowest BCUT2D eigenvalue weighted by molar-refractivity contribution is -0.137. The third-order valence-electron chi connectivity index (χ3n) is 7.34. The molecule has 1 amide bonds. The minimum atomic E-state index is -4.55. The Morgan fingerprint density at radius 1 is 1.11 bits per heavy atom. The molecule has 0 atom stereocenters. The van der Waals surface area contributed by atoms with Gasteiger partial charge in [-0.15, -0.1) is 0 Å². The lowest BCUT2D eigenvalue weighted by Gasteiger charge is -2.22. The molecule has 0 unspecified atom stereocenters. The average molecular weight is 521 g/mol. The predicted octanol–water partition coefficient (Wildman–Crippen LogP) is 5.16. The van der Waals surface area contributed by atoms with Crippen LogP contribution in [0.4, 0.5) is 24.5 Å². The second-order valence-electron chi connectivity index (χ2n) is 9.88. The van der Waals surface area contributed by atoms with Crippen molar-refractivity contribution in [2.45, 2.75) is 38.4 Å². The van der Waals surface area contributed by atoms with Crippen LogP contribution in [-0.2, 0) is 25.6 Å². The molecule has 0 spiro atoms. The van der Waals surface area contributed by atoms with Crippen LogP contribution in [0.2, 0.25) is 0 Å². The standard InChI is InChI=1S/C28H27F3N6O/c29-28(30,31)21-11-20(17-36-8-1-2-9-36)23(14-22-15-34-26-16-32-7-10-37(22)26)25(13-21)35-27(38)19-4-3-18-5-6-33-24(18)12-19/h3-4,7,10-13,15-16,33H,1-2,5-6,8-9,14,17H2,(H,35,38). The van der Waals surface area contributed by atoms with Crippen LogP contribution in [-0.4, -0.2) is 44.8 Å². The smallest absolute Gasteiger partial charge is 0.384 e. The fourth-order valence-corrected chi connectivity index (χ4v) is 5.37. The predicted molar refractivity (Wildman–Crippen MR) is 138 cm³/mol. The molecule has 2 aliphatic heterocycles. The summed E-state index contributed by atoms with van der Waals surface area (Å²) in [5.74, 6) is -0.448. The van der Waals surface area contributed by atoms with Crippen LogP contribution in [0.3, 0.4) is 0 Å². The van der Waals surface area contributed by atoms with Crippen LogP contribution in [0.5, 0.6) is 0 Å². The van der Waals surface area contributed by atoms with Crippen molar-refractivity contribution < 1.29 is 18.0 Å². The summed E-state index contributed by atoms with van der Waals surface area (Å²) >= 11 is 0. The van der Waals surface area contributed by atoms with Gasteiger partial charge in [-0.1, -0.05) is 6.07 Å². The molecule has 2 N–H and O–H groups in total. The second kappa shape index (κ2) is 9.75. The third kappa shape index (κ3) is 4.83. The largest absolute Gasteiger partial charge is 0.416 e. The molecule has 0 saturated carbocycles. The summed E-state index contributed by atoms with van der Waals surface area (Å²) in [6.45, 7) is 2.84. The first-order valence-electron chi connectivity index (χ1n) is 12.7. The quantitative estimate of drug-likeness (QED) is 0.368. The number of alkyl halides is 3. The lowest BCUT2D eigenvalue weighted by atomic mass is 9.96. The fourth-order valence-electron chi connectivity index (χ4n) is 5.37. The van der Waals surface area contributed by atoms with Gasteiger partial charge in [0.15, 0.2) is 5.65 Å². The van der Waals surface area contributed by atoms with Crippen molar-refractivity contribution in [3.63, 3.8) is 0 Å². The number of halogens is 3. The molecule has 1 fully saturated rings. The molecule has 4 heterocycles. The number of nitrogens with one attached hydrogen (secondary N) is 2. The SMILES string of the molecule is O=C(Nc1cc(C(F)(F)F)cc(CN2CCCC2)c1Cc1cnc2cnccn12)c1ccc2c(c1)NCC2. The van der Waals surface area contributed by atoms with E-state index in [0.717, 1.165) is 61.9 Å². The Balaban J connectivity index is 1.43. The number of hydrogen-bond donors (Lipinski definition) is 2. The molecular weight excluding hydrogens is 493 g/mol. The Hall–Kier alpha value is -3.92. The first-order valence-corrected chi connectivity index (χ1v) is 12.7. The van der Waals surface area contributed by atoms with Gasteiger partial charge in [0.2, 0.25) is 0 Å². The van der Waals surface area contributed by atoms with Crippen molar-refractivity contribution in [3.8, 4) is 0 Å². The Kier molecular flexibility index (Phi) is 6.27. The number of carbonyl (C=O) groups is 1. The van der Waals surface area contributed by atoms with Gasteiger partial charge in [0.25, 0.3) is 5.91 Å². The highest BCUT2D eigenvalue weighted by Crippen LogP contribution is 2.36. The van der Waals surface area contributed by atoms with Gasteiger partial charge >= 0.3 is 6.18 Å². The number of aromatic nitrogens is 3. The fraction of sp³-hybridized carbons (Fsp3) is 0.321. The van der Waals surface area contributed by atoms with Crippen LogP contribution in [0, 0.1) is 0 Å². The summed E-state index contributed by atoms with van der Waals surface area (Å²) in [6, 6.07) is 7.65. The number of likely N-dealkylation sites (tertiary alicyclic amines) is 1. The van der Waals surface area contributed by atoms with E-state index in [1.54, 1.807) is 36.9 Å². The van der Waals surface area contributed by atoms with E-state index in [0.29, 0.717) is 35.3 Å². The third-order valence-corrected chi connectivity index (χ3v) is 7.34. The molecule has 2 aromatic heterocycles. The van der Waals surface area contributed by atoms with E-state index in [1.165, 1.54) is 6.07 Å². The number of rotatable bonds is 6. The molecule has 0 bridgehead atoms. The van der Waals surface area contributed by atoms with E-state index in [-0.39, 0.29) is 5.69 Å². The summed E-state index contributed by atoms with van der Waals surface area (Å²) in [6.07, 6.45) is 5.41. The van der Waals surface area contributed by atoms with Gasteiger partial charge in [-0.3, -0.25) is 14.7 Å². The number of fused-ring (bicyclic) bond motifs is 2. The van der Waals surface area contributed by atoms with E-state index in [9.17, 15) is 18.0 Å². The van der Waals surface area contributed by atoms with Crippen molar-refractivity contribution in [2.24, 2.45) is 0 Å². The molecular formula is C28H27F3N6O. The average Bonchev–Trinajstić information content (AvgIpc) is 3.66. The number of imidazole rings is 1. The molecule has 0 aliphatic carbocycles. The molecule has 0 radical (unpaired) electrons. The van der Waals surface area contributed by atoms with Gasteiger partial charge in [-0.2, -0.15) is 13.2 Å². The minimum absolute atomic E-state index is 0.163. The van der Waals surface area contributed by atoms with Gasteiger partial charge in [-0.05, 0) is 73.3 Å². The lowest BCUT2D eigenvalue weighted by Crippen LogP contribution is -2.22. The van der Waals surface area contributed by atoms with Crippen molar-refractivity contribution in [1.29, 1.82) is 0 Å².